The van der Waals surface area contributed by atoms with Gasteiger partial charge in [-0.25, -0.2) is 5.11 Å². The van der Waals surface area contributed by atoms with Crippen molar-refractivity contribution in [1.82, 2.24) is 0 Å². The molecule has 0 atom stereocenters. The fourth-order valence-electron chi connectivity index (χ4n) is 1.11. The van der Waals surface area contributed by atoms with Crippen LogP contribution in [0.1, 0.15) is 0 Å². The molecule has 23 heavy (non-hydrogen) atoms. The molecule has 0 aromatic carbocycles. The number of hydrogen-bond acceptors (Lipinski definition) is 0. The van der Waals surface area contributed by atoms with Gasteiger partial charge in [0.1, 0.15) is 9.70 Å². The molecule has 0 amide bonds. The van der Waals surface area contributed by atoms with E-state index in [9.17, 15) is 5.11 Å². The molecule has 0 aliphatic heterocycles. The zero-order valence-corrected chi connectivity index (χ0v) is 33.4. The summed E-state index contributed by atoms with van der Waals surface area (Å²) in [5, 5.41) is 14.1. The molecule has 0 spiro atoms. The molecule has 0 N–H and O–H groups in total. The highest BCUT2D eigenvalue weighted by atomic mass is 80.0. The molecule has 139 valence electrons. The molecule has 0 aliphatic rings. The minimum Gasteiger partial charge on any atom is -0.220 e. The van der Waals surface area contributed by atoms with E-state index in [1.54, 1.807) is 0 Å². The van der Waals surface area contributed by atoms with Crippen molar-refractivity contribution in [3.8, 4) is 0 Å². The van der Waals surface area contributed by atoms with E-state index in [4.69, 9.17) is 0 Å². The molecule has 1 nitrogen and oxygen atoms in total. The Kier molecular flexibility index (Phi) is 12.5. The second kappa shape index (κ2) is 9.57. The fraction of sp³-hybridized carbons (Fsp3) is 1.00. The lowest BCUT2D eigenvalue weighted by atomic mass is 10.0. The first-order valence-electron chi connectivity index (χ1n) is 4.54. The Morgan fingerprint density at radius 1 is 0.348 bits per heavy atom. The third-order valence-corrected chi connectivity index (χ3v) is 22.0. The van der Waals surface area contributed by atoms with Crippen LogP contribution in [0, 0.1) is 0 Å². The Balaban J connectivity index is 6.65. The van der Waals surface area contributed by atoms with Crippen LogP contribution in [0.5, 0.6) is 0 Å². The quantitative estimate of drug-likeness (QED) is 0.251. The first-order valence-corrected chi connectivity index (χ1v) is 16.4. The van der Waals surface area contributed by atoms with Gasteiger partial charge in [-0.15, -0.1) is 0 Å². The Morgan fingerprint density at radius 3 is 0.783 bits per heavy atom. The smallest absolute Gasteiger partial charge is 0.200 e. The van der Waals surface area contributed by atoms with Crippen LogP contribution >= 0.6 is 239 Å². The van der Waals surface area contributed by atoms with Crippen LogP contribution in [-0.4, -0.2) is 21.7 Å². The van der Waals surface area contributed by atoms with E-state index in [2.05, 4.69) is 239 Å². The molecule has 0 saturated heterocycles. The summed E-state index contributed by atoms with van der Waals surface area (Å²) in [5.41, 5.74) is -1.95. The topological polar surface area (TPSA) is 19.9 Å². The van der Waals surface area contributed by atoms with Crippen LogP contribution in [0.25, 0.3) is 0 Å². The van der Waals surface area contributed by atoms with Crippen molar-refractivity contribution in [2.45, 2.75) is 21.7 Å². The summed E-state index contributed by atoms with van der Waals surface area (Å²) in [6.07, 6.45) is 0. The highest BCUT2D eigenvalue weighted by Crippen LogP contribution is 2.75. The van der Waals surface area contributed by atoms with Gasteiger partial charge in [-0.1, -0.05) is 239 Å². The van der Waals surface area contributed by atoms with Gasteiger partial charge in [-0.05, 0) is 0 Å². The largest absolute Gasteiger partial charge is 0.220 e. The van der Waals surface area contributed by atoms with Crippen LogP contribution in [0.3, 0.4) is 0 Å². The third kappa shape index (κ3) is 5.75. The van der Waals surface area contributed by atoms with E-state index < -0.39 is 21.7 Å². The van der Waals surface area contributed by atoms with Crippen molar-refractivity contribution in [1.29, 1.82) is 0 Å². The normalized spacial score (nSPS) is 16.7. The average molecular weight is 1300 g/mol. The molecule has 0 aromatic heterocycles. The van der Waals surface area contributed by atoms with Crippen molar-refractivity contribution in [2.24, 2.45) is 0 Å². The van der Waals surface area contributed by atoms with Gasteiger partial charge < -0.3 is 0 Å². The van der Waals surface area contributed by atoms with Gasteiger partial charge in [-0.2, -0.15) is 0 Å². The second-order valence-corrected chi connectivity index (χ2v) is 34.5. The van der Waals surface area contributed by atoms with Crippen molar-refractivity contribution in [3.63, 3.8) is 0 Å². The van der Waals surface area contributed by atoms with Gasteiger partial charge in [0.15, 0.2) is 6.43 Å². The summed E-state index contributed by atoms with van der Waals surface area (Å²) in [5.74, 6) is 0. The predicted octanol–water partition coefficient (Wildman–Crippen LogP) is 11.1. The van der Waals surface area contributed by atoms with Crippen molar-refractivity contribution >= 4 is 239 Å². The van der Waals surface area contributed by atoms with Gasteiger partial charge >= 0.3 is 0 Å². The summed E-state index contributed by atoms with van der Waals surface area (Å²) in [4.78, 5) is 0. The highest BCUT2D eigenvalue weighted by Gasteiger charge is 2.79. The minimum atomic E-state index is -1.95. The molecular formula is C7Br15O. The number of halogens is 15. The zero-order chi connectivity index (χ0) is 19.5. The van der Waals surface area contributed by atoms with Crippen LogP contribution in [0.4, 0.5) is 0 Å². The standard InChI is InChI=1S/C7Br15O/c8-2(9,1(23,5(14,15)16)6(17,18)19)3(10,11)4(12,13)7(20,21)22. The van der Waals surface area contributed by atoms with Crippen LogP contribution in [0.2, 0.25) is 0 Å². The van der Waals surface area contributed by atoms with E-state index >= 15 is 0 Å². The predicted molar refractivity (Wildman–Crippen MR) is 154 cm³/mol. The molecule has 0 aromatic rings. The molecule has 1 radical (unpaired) electrons. The first-order chi connectivity index (χ1) is 9.50. The highest BCUT2D eigenvalue weighted by molar-refractivity contribution is 9.42. The van der Waals surface area contributed by atoms with Crippen molar-refractivity contribution in [2.75, 3.05) is 0 Å². The number of alkyl halides is 15. The van der Waals surface area contributed by atoms with Crippen LogP contribution in [-0.2, 0) is 5.11 Å². The Labute approximate surface area is 260 Å². The maximum Gasteiger partial charge on any atom is 0.200 e. The maximum absolute atomic E-state index is 14.1. The summed E-state index contributed by atoms with van der Waals surface area (Å²) in [6.45, 7) is 0. The minimum absolute atomic E-state index is 0.859. The Bertz CT molecular complexity index is 422. The van der Waals surface area contributed by atoms with Gasteiger partial charge in [0, 0.05) is 0 Å². The molecule has 0 aliphatic carbocycles. The lowest BCUT2D eigenvalue weighted by Gasteiger charge is -2.56. The van der Waals surface area contributed by atoms with Gasteiger partial charge in [0.2, 0.25) is 5.60 Å². The third-order valence-electron chi connectivity index (χ3n) is 2.39. The SMILES string of the molecule is [O]C(C(Br)(Br)Br)(C(Br)(Br)Br)C(Br)(Br)C(Br)(Br)C(Br)(Br)C(Br)(Br)Br. The van der Waals surface area contributed by atoms with Gasteiger partial charge in [0.25, 0.3) is 0 Å². The van der Waals surface area contributed by atoms with E-state index in [1.165, 1.54) is 0 Å². The molecule has 0 heterocycles. The fourth-order valence-corrected chi connectivity index (χ4v) is 17.4. The molecule has 0 unspecified atom stereocenters. The average Bonchev–Trinajstić information content (AvgIpc) is 2.22. The van der Waals surface area contributed by atoms with E-state index in [0.29, 0.717) is 0 Å². The Morgan fingerprint density at radius 2 is 0.609 bits per heavy atom. The molecule has 0 rings (SSSR count). The van der Waals surface area contributed by atoms with Gasteiger partial charge in [0.05, 0.1) is 0 Å². The summed E-state index contributed by atoms with van der Waals surface area (Å²) >= 11 is 51.9. The van der Waals surface area contributed by atoms with Crippen LogP contribution in [0.15, 0.2) is 0 Å². The van der Waals surface area contributed by atoms with E-state index in [0.717, 1.165) is 0 Å². The lowest BCUT2D eigenvalue weighted by Crippen LogP contribution is -2.71. The molecule has 16 heteroatoms. The molecule has 0 fully saturated rings. The summed E-state index contributed by atoms with van der Waals surface area (Å²) < 4.78 is -6.99. The molecule has 0 saturated carbocycles. The lowest BCUT2D eigenvalue weighted by molar-refractivity contribution is -0.0142. The molecular weight excluding hydrogens is 1300 g/mol. The molecule has 0 bridgehead atoms. The maximum atomic E-state index is 14.1. The van der Waals surface area contributed by atoms with Crippen molar-refractivity contribution in [3.05, 3.63) is 0 Å². The summed E-state index contributed by atoms with van der Waals surface area (Å²) in [7, 11) is 0. The monoisotopic (exact) mass is 1280 g/mol. The van der Waals surface area contributed by atoms with Crippen LogP contribution < -0.4 is 0 Å². The van der Waals surface area contributed by atoms with E-state index in [1.807, 2.05) is 0 Å². The van der Waals surface area contributed by atoms with E-state index in [-0.39, 0.29) is 0 Å². The van der Waals surface area contributed by atoms with Crippen molar-refractivity contribution < 1.29 is 5.11 Å². The first kappa shape index (κ1) is 30.2. The zero-order valence-electron chi connectivity index (χ0n) is 9.58. The summed E-state index contributed by atoms with van der Waals surface area (Å²) in [6, 6.07) is 0. The second-order valence-electron chi connectivity index (χ2n) is 3.90. The van der Waals surface area contributed by atoms with Gasteiger partial charge in [-0.3, -0.25) is 0 Å². The number of rotatable bonds is 3. The Hall–Kier alpha value is 7.16. The number of hydrogen-bond donors (Lipinski definition) is 0.